The molecule has 3 rings (SSSR count). The summed E-state index contributed by atoms with van der Waals surface area (Å²) in [5.74, 6) is 0.174. The first-order valence-electron chi connectivity index (χ1n) is 8.79. The molecule has 0 aliphatic rings. The summed E-state index contributed by atoms with van der Waals surface area (Å²) >= 11 is 0. The van der Waals surface area contributed by atoms with Crippen molar-refractivity contribution < 1.29 is 19.1 Å². The molecule has 0 aliphatic carbocycles. The third-order valence-electron chi connectivity index (χ3n) is 3.73. The van der Waals surface area contributed by atoms with Crippen molar-refractivity contribution in [1.29, 1.82) is 0 Å². The van der Waals surface area contributed by atoms with Gasteiger partial charge in [0.1, 0.15) is 6.54 Å². The van der Waals surface area contributed by atoms with E-state index in [4.69, 9.17) is 15.2 Å². The van der Waals surface area contributed by atoms with Crippen LogP contribution in [-0.2, 0) is 16.1 Å². The van der Waals surface area contributed by atoms with E-state index in [1.165, 1.54) is 18.1 Å². The maximum atomic E-state index is 12.0. The fourth-order valence-electron chi connectivity index (χ4n) is 2.39. The molecule has 0 fully saturated rings. The second-order valence-corrected chi connectivity index (χ2v) is 5.97. The Kier molecular flexibility index (Phi) is 6.66. The molecule has 3 N–H and O–H groups in total. The maximum absolute atomic E-state index is 12.0. The number of hydrogen-bond acceptors (Lipinski definition) is 8. The molecule has 1 aromatic heterocycles. The average molecular weight is 409 g/mol. The highest BCUT2D eigenvalue weighted by Crippen LogP contribution is 2.27. The highest BCUT2D eigenvalue weighted by atomic mass is 16.5. The van der Waals surface area contributed by atoms with Crippen molar-refractivity contribution in [2.75, 3.05) is 13.7 Å². The fourth-order valence-corrected chi connectivity index (χ4v) is 2.39. The van der Waals surface area contributed by atoms with Gasteiger partial charge in [0.05, 0.1) is 13.3 Å². The summed E-state index contributed by atoms with van der Waals surface area (Å²) in [6.45, 7) is -0.400. The molecule has 0 atom stereocenters. The number of hydrogen-bond donors (Lipinski definition) is 2. The fraction of sp³-hybridized carbons (Fsp3) is 0.158. The van der Waals surface area contributed by atoms with Gasteiger partial charge in [0.25, 0.3) is 11.8 Å². The Morgan fingerprint density at radius 2 is 2.00 bits per heavy atom. The summed E-state index contributed by atoms with van der Waals surface area (Å²) in [7, 11) is 1.46. The van der Waals surface area contributed by atoms with Crippen molar-refractivity contribution >= 4 is 18.0 Å². The summed E-state index contributed by atoms with van der Waals surface area (Å²) in [5, 5.41) is 15.9. The molecule has 11 nitrogen and oxygen atoms in total. The number of nitrogens with one attached hydrogen (secondary N) is 1. The Hall–Kier alpha value is -4.28. The van der Waals surface area contributed by atoms with Crippen LogP contribution < -0.4 is 20.6 Å². The number of nitrogens with zero attached hydrogens (tertiary/aromatic N) is 5. The van der Waals surface area contributed by atoms with Crippen molar-refractivity contribution in [3.05, 3.63) is 54.1 Å². The Morgan fingerprint density at radius 3 is 2.73 bits per heavy atom. The highest BCUT2D eigenvalue weighted by molar-refractivity contribution is 5.83. The van der Waals surface area contributed by atoms with Gasteiger partial charge in [-0.25, -0.2) is 5.43 Å². The number of ether oxygens (including phenoxy) is 2. The zero-order valence-corrected chi connectivity index (χ0v) is 16.1. The molecule has 2 amide bonds. The lowest BCUT2D eigenvalue weighted by molar-refractivity contribution is -0.122. The SMILES string of the molecule is COc1cc(/C=N/NC(=O)Cn2nnc(-c3ccccc3)n2)ccc1OCC(N)=O. The predicted molar refractivity (Wildman–Crippen MR) is 107 cm³/mol. The molecule has 0 bridgehead atoms. The van der Waals surface area contributed by atoms with Crippen LogP contribution in [0.3, 0.4) is 0 Å². The van der Waals surface area contributed by atoms with Gasteiger partial charge in [-0.15, -0.1) is 10.2 Å². The highest BCUT2D eigenvalue weighted by Gasteiger charge is 2.09. The zero-order valence-electron chi connectivity index (χ0n) is 16.1. The molecule has 1 heterocycles. The number of aromatic nitrogens is 4. The second-order valence-electron chi connectivity index (χ2n) is 5.97. The van der Waals surface area contributed by atoms with Crippen LogP contribution in [0.5, 0.6) is 11.5 Å². The number of primary amides is 1. The van der Waals surface area contributed by atoms with E-state index in [9.17, 15) is 9.59 Å². The van der Waals surface area contributed by atoms with Crippen molar-refractivity contribution in [2.45, 2.75) is 6.54 Å². The van der Waals surface area contributed by atoms with Crippen LogP contribution in [0, 0.1) is 0 Å². The number of hydrazone groups is 1. The van der Waals surface area contributed by atoms with Crippen molar-refractivity contribution in [3.8, 4) is 22.9 Å². The van der Waals surface area contributed by atoms with Crippen LogP contribution in [0.25, 0.3) is 11.4 Å². The minimum atomic E-state index is -0.594. The summed E-state index contributed by atoms with van der Waals surface area (Å²) in [5.41, 5.74) is 8.90. The maximum Gasteiger partial charge on any atom is 0.263 e. The molecule has 0 aliphatic heterocycles. The quantitative estimate of drug-likeness (QED) is 0.383. The van der Waals surface area contributed by atoms with Crippen molar-refractivity contribution in [1.82, 2.24) is 25.6 Å². The van der Waals surface area contributed by atoms with Crippen LogP contribution in [0.1, 0.15) is 5.56 Å². The molecule has 2 aromatic carbocycles. The van der Waals surface area contributed by atoms with Gasteiger partial charge in [0, 0.05) is 5.56 Å². The van der Waals surface area contributed by atoms with Gasteiger partial charge in [0.15, 0.2) is 18.1 Å². The van der Waals surface area contributed by atoms with E-state index in [0.29, 0.717) is 22.9 Å². The van der Waals surface area contributed by atoms with E-state index in [1.807, 2.05) is 30.3 Å². The molecule has 11 heteroatoms. The Morgan fingerprint density at radius 1 is 1.20 bits per heavy atom. The van der Waals surface area contributed by atoms with Gasteiger partial charge in [-0.3, -0.25) is 9.59 Å². The van der Waals surface area contributed by atoms with E-state index >= 15 is 0 Å². The first-order chi connectivity index (χ1) is 14.5. The first-order valence-corrected chi connectivity index (χ1v) is 8.79. The lowest BCUT2D eigenvalue weighted by Gasteiger charge is -2.09. The number of methoxy groups -OCH3 is 1. The minimum absolute atomic E-state index is 0.139. The molecule has 0 saturated heterocycles. The number of nitrogens with two attached hydrogens (primary N) is 1. The molecule has 0 unspecified atom stereocenters. The topological polar surface area (TPSA) is 147 Å². The number of benzene rings is 2. The number of carbonyl (C=O) groups is 2. The van der Waals surface area contributed by atoms with Crippen LogP contribution >= 0.6 is 0 Å². The van der Waals surface area contributed by atoms with E-state index in [0.717, 1.165) is 5.56 Å². The molecule has 0 spiro atoms. The normalized spacial score (nSPS) is 10.7. The second kappa shape index (κ2) is 9.78. The van der Waals surface area contributed by atoms with E-state index < -0.39 is 11.8 Å². The van der Waals surface area contributed by atoms with Crippen LogP contribution in [0.2, 0.25) is 0 Å². The molecule has 0 radical (unpaired) electrons. The summed E-state index contributed by atoms with van der Waals surface area (Å²) in [6.07, 6.45) is 1.43. The van der Waals surface area contributed by atoms with Crippen LogP contribution in [0.15, 0.2) is 53.6 Å². The standard InChI is InChI=1S/C19H19N7O4/c1-29-16-9-13(7-8-15(16)30-12-17(20)27)10-21-22-18(28)11-26-24-19(23-25-26)14-5-3-2-4-6-14/h2-10H,11-12H2,1H3,(H2,20,27)(H,22,28)/b21-10+. The average Bonchev–Trinajstić information content (AvgIpc) is 3.21. The van der Waals surface area contributed by atoms with Crippen LogP contribution in [0.4, 0.5) is 0 Å². The van der Waals surface area contributed by atoms with Gasteiger partial charge in [-0.1, -0.05) is 30.3 Å². The molecule has 0 saturated carbocycles. The Labute approximate surface area is 171 Å². The monoisotopic (exact) mass is 409 g/mol. The Balaban J connectivity index is 1.55. The smallest absolute Gasteiger partial charge is 0.263 e. The van der Waals surface area contributed by atoms with Crippen LogP contribution in [-0.4, -0.2) is 52.0 Å². The van der Waals surface area contributed by atoms with E-state index in [1.54, 1.807) is 18.2 Å². The summed E-state index contributed by atoms with van der Waals surface area (Å²) in [6, 6.07) is 14.2. The number of tetrazole rings is 1. The first kappa shape index (κ1) is 20.5. The summed E-state index contributed by atoms with van der Waals surface area (Å²) in [4.78, 5) is 24.0. The van der Waals surface area contributed by atoms with Gasteiger partial charge in [-0.2, -0.15) is 9.90 Å². The van der Waals surface area contributed by atoms with Gasteiger partial charge < -0.3 is 15.2 Å². The van der Waals surface area contributed by atoms with E-state index in [2.05, 4.69) is 25.9 Å². The van der Waals surface area contributed by atoms with Crippen molar-refractivity contribution in [3.63, 3.8) is 0 Å². The summed E-state index contributed by atoms with van der Waals surface area (Å²) < 4.78 is 10.5. The van der Waals surface area contributed by atoms with Gasteiger partial charge in [0.2, 0.25) is 5.82 Å². The minimum Gasteiger partial charge on any atom is -0.493 e. The molecular formula is C19H19N7O4. The lowest BCUT2D eigenvalue weighted by Crippen LogP contribution is -2.24. The predicted octanol–water partition coefficient (Wildman–Crippen LogP) is 0.363. The van der Waals surface area contributed by atoms with Crippen molar-refractivity contribution in [2.24, 2.45) is 10.8 Å². The molecule has 3 aromatic rings. The van der Waals surface area contributed by atoms with E-state index in [-0.39, 0.29) is 13.2 Å². The van der Waals surface area contributed by atoms with Gasteiger partial charge in [-0.05, 0) is 29.0 Å². The third kappa shape index (κ3) is 5.61. The number of amides is 2. The molecule has 154 valence electrons. The third-order valence-corrected chi connectivity index (χ3v) is 3.73. The van der Waals surface area contributed by atoms with Gasteiger partial charge >= 0.3 is 0 Å². The Bertz CT molecular complexity index is 1050. The zero-order chi connectivity index (χ0) is 21.3. The molecule has 30 heavy (non-hydrogen) atoms. The molecular weight excluding hydrogens is 390 g/mol. The number of carbonyl (C=O) groups excluding carboxylic acids is 2. The lowest BCUT2D eigenvalue weighted by atomic mass is 10.2. The number of rotatable bonds is 9. The largest absolute Gasteiger partial charge is 0.493 e.